The summed E-state index contributed by atoms with van der Waals surface area (Å²) in [6.45, 7) is 4.67. The van der Waals surface area contributed by atoms with Gasteiger partial charge in [0.15, 0.2) is 11.6 Å². The third-order valence-electron chi connectivity index (χ3n) is 8.47. The maximum Gasteiger partial charge on any atom is 0.328 e. The Balaban J connectivity index is 1.45. The second-order valence-corrected chi connectivity index (χ2v) is 10.8. The van der Waals surface area contributed by atoms with E-state index >= 15 is 4.39 Å². The lowest BCUT2D eigenvalue weighted by atomic mass is 9.81. The van der Waals surface area contributed by atoms with Gasteiger partial charge < -0.3 is 19.7 Å². The van der Waals surface area contributed by atoms with E-state index in [0.29, 0.717) is 40.8 Å². The minimum Gasteiger partial charge on any atom is -0.508 e. The van der Waals surface area contributed by atoms with Crippen LogP contribution in [0.2, 0.25) is 0 Å². The van der Waals surface area contributed by atoms with Crippen LogP contribution in [0.5, 0.6) is 11.5 Å². The van der Waals surface area contributed by atoms with Crippen LogP contribution in [0.1, 0.15) is 55.5 Å². The Hall–Kier alpha value is -3.59. The number of benzene rings is 2. The summed E-state index contributed by atoms with van der Waals surface area (Å²) in [6.07, 6.45) is 4.85. The molecule has 2 aromatic carbocycles. The van der Waals surface area contributed by atoms with Gasteiger partial charge in [0.05, 0.1) is 7.11 Å². The third-order valence-corrected chi connectivity index (χ3v) is 8.47. The van der Waals surface area contributed by atoms with E-state index in [4.69, 9.17) is 4.74 Å². The Kier molecular flexibility index (Phi) is 6.06. The number of amides is 3. The largest absolute Gasteiger partial charge is 0.508 e. The van der Waals surface area contributed by atoms with Crippen molar-refractivity contribution in [2.45, 2.75) is 50.6 Å². The molecule has 200 valence electrons. The summed E-state index contributed by atoms with van der Waals surface area (Å²) in [6, 6.07) is 8.94. The fraction of sp³-hybridized carbons (Fsp3) is 0.448. The monoisotopic (exact) mass is 520 g/mol. The van der Waals surface area contributed by atoms with Gasteiger partial charge in [-0.05, 0) is 68.2 Å². The number of ether oxygens (including phenoxy) is 1. The molecule has 0 radical (unpaired) electrons. The molecule has 38 heavy (non-hydrogen) atoms. The Morgan fingerprint density at radius 3 is 2.58 bits per heavy atom. The molecule has 9 heteroatoms. The van der Waals surface area contributed by atoms with E-state index in [0.717, 1.165) is 25.9 Å². The molecule has 3 aliphatic heterocycles. The summed E-state index contributed by atoms with van der Waals surface area (Å²) in [5, 5.41) is 10.7. The van der Waals surface area contributed by atoms with Gasteiger partial charge in [0.2, 0.25) is 0 Å². The number of rotatable bonds is 5. The molecule has 2 saturated heterocycles. The first-order valence-electron chi connectivity index (χ1n) is 13.4. The van der Waals surface area contributed by atoms with Crippen molar-refractivity contribution in [2.24, 2.45) is 0 Å². The van der Waals surface area contributed by atoms with Crippen molar-refractivity contribution in [3.8, 4) is 11.5 Å². The van der Waals surface area contributed by atoms with Crippen molar-refractivity contribution in [1.29, 1.82) is 0 Å². The fourth-order valence-corrected chi connectivity index (χ4v) is 6.55. The third kappa shape index (κ3) is 3.74. The van der Waals surface area contributed by atoms with E-state index in [1.54, 1.807) is 42.2 Å². The maximum absolute atomic E-state index is 15.6. The highest BCUT2D eigenvalue weighted by molar-refractivity contribution is 6.08. The molecule has 8 nitrogen and oxygen atoms in total. The molecule has 4 heterocycles. The molecule has 0 aliphatic carbocycles. The van der Waals surface area contributed by atoms with Crippen LogP contribution in [0.25, 0.3) is 10.9 Å². The molecular formula is C29H33FN4O4. The van der Waals surface area contributed by atoms with Gasteiger partial charge in [0.1, 0.15) is 17.3 Å². The van der Waals surface area contributed by atoms with Gasteiger partial charge in [-0.3, -0.25) is 14.6 Å². The van der Waals surface area contributed by atoms with Crippen LogP contribution in [-0.2, 0) is 11.2 Å². The van der Waals surface area contributed by atoms with Crippen molar-refractivity contribution < 1.29 is 23.8 Å². The fourth-order valence-electron chi connectivity index (χ4n) is 6.55. The number of carbonyl (C=O) groups excluding carboxylic acids is 2. The van der Waals surface area contributed by atoms with E-state index in [9.17, 15) is 14.7 Å². The SMILES string of the molecule is COc1ccc2[nH]c3c(c2c1F)CC1(C)C(=O)N(CCN2CCCCCC2)C(=O)N1C3c1cccc(O)c1. The molecular weight excluding hydrogens is 487 g/mol. The van der Waals surface area contributed by atoms with Crippen molar-refractivity contribution >= 4 is 22.8 Å². The van der Waals surface area contributed by atoms with Crippen molar-refractivity contribution in [3.05, 3.63) is 59.0 Å². The number of imide groups is 1. The Labute approximate surface area is 221 Å². The van der Waals surface area contributed by atoms with Crippen LogP contribution in [0, 0.1) is 5.82 Å². The predicted molar refractivity (Wildman–Crippen MR) is 141 cm³/mol. The predicted octanol–water partition coefficient (Wildman–Crippen LogP) is 4.57. The van der Waals surface area contributed by atoms with Crippen molar-refractivity contribution in [2.75, 3.05) is 33.3 Å². The number of urea groups is 1. The minimum absolute atomic E-state index is 0.0521. The molecule has 2 N–H and O–H groups in total. The number of methoxy groups -OCH3 is 1. The molecule has 2 atom stereocenters. The first-order valence-corrected chi connectivity index (χ1v) is 13.4. The maximum atomic E-state index is 15.6. The number of carbonyl (C=O) groups is 2. The van der Waals surface area contributed by atoms with E-state index in [1.807, 2.05) is 6.07 Å². The van der Waals surface area contributed by atoms with Crippen LogP contribution in [0.4, 0.5) is 9.18 Å². The van der Waals surface area contributed by atoms with E-state index in [1.165, 1.54) is 24.9 Å². The number of hydrogen-bond acceptors (Lipinski definition) is 5. The Bertz CT molecular complexity index is 1410. The summed E-state index contributed by atoms with van der Waals surface area (Å²) in [7, 11) is 1.42. The molecule has 0 spiro atoms. The van der Waals surface area contributed by atoms with Crippen LogP contribution in [-0.4, -0.2) is 75.6 Å². The standard InChI is InChI=1S/C29H33FN4O4/c1-29-17-20-23-21(10-11-22(38-2)24(23)30)31-25(20)26(18-8-7-9-19(35)16-18)34(29)28(37)33(27(29)36)15-14-32-12-5-3-4-6-13-32/h7-11,16,26,31,35H,3-6,12-15,17H2,1-2H3. The molecule has 2 fully saturated rings. The number of nitrogens with one attached hydrogen (secondary N) is 1. The lowest BCUT2D eigenvalue weighted by molar-refractivity contribution is -0.133. The highest BCUT2D eigenvalue weighted by atomic mass is 19.1. The first-order chi connectivity index (χ1) is 18.3. The second kappa shape index (κ2) is 9.31. The first kappa shape index (κ1) is 24.7. The molecule has 3 amide bonds. The number of H-pyrrole nitrogens is 1. The van der Waals surface area contributed by atoms with Gasteiger partial charge in [-0.15, -0.1) is 0 Å². The smallest absolute Gasteiger partial charge is 0.328 e. The van der Waals surface area contributed by atoms with Crippen LogP contribution in [0.3, 0.4) is 0 Å². The summed E-state index contributed by atoms with van der Waals surface area (Å²) in [4.78, 5) is 36.7. The zero-order valence-electron chi connectivity index (χ0n) is 21.8. The highest BCUT2D eigenvalue weighted by Crippen LogP contribution is 2.49. The van der Waals surface area contributed by atoms with E-state index in [-0.39, 0.29) is 29.9 Å². The van der Waals surface area contributed by atoms with Crippen LogP contribution >= 0.6 is 0 Å². The Morgan fingerprint density at radius 2 is 1.87 bits per heavy atom. The van der Waals surface area contributed by atoms with Gasteiger partial charge in [0, 0.05) is 36.1 Å². The number of hydrogen-bond donors (Lipinski definition) is 2. The van der Waals surface area contributed by atoms with Gasteiger partial charge in [-0.25, -0.2) is 9.18 Å². The highest BCUT2D eigenvalue weighted by Gasteiger charge is 2.60. The summed E-state index contributed by atoms with van der Waals surface area (Å²) >= 11 is 0. The zero-order chi connectivity index (χ0) is 26.6. The second-order valence-electron chi connectivity index (χ2n) is 10.8. The molecule has 3 aliphatic rings. The van der Waals surface area contributed by atoms with Gasteiger partial charge in [-0.1, -0.05) is 25.0 Å². The molecule has 1 aromatic heterocycles. The van der Waals surface area contributed by atoms with Crippen LogP contribution < -0.4 is 4.74 Å². The average molecular weight is 521 g/mol. The number of fused-ring (bicyclic) bond motifs is 4. The van der Waals surface area contributed by atoms with E-state index < -0.39 is 17.4 Å². The number of likely N-dealkylation sites (tertiary alicyclic amines) is 1. The zero-order valence-corrected chi connectivity index (χ0v) is 21.8. The topological polar surface area (TPSA) is 89.1 Å². The number of phenolic OH excluding ortho intramolecular Hbond substituents is 1. The van der Waals surface area contributed by atoms with Crippen molar-refractivity contribution in [1.82, 2.24) is 19.7 Å². The lowest BCUT2D eigenvalue weighted by Crippen LogP contribution is -2.53. The number of aromatic hydroxyl groups is 1. The number of aromatic amines is 1. The molecule has 3 aromatic rings. The number of aromatic nitrogens is 1. The number of phenols is 1. The summed E-state index contributed by atoms with van der Waals surface area (Å²) < 4.78 is 20.8. The van der Waals surface area contributed by atoms with Gasteiger partial charge >= 0.3 is 6.03 Å². The Morgan fingerprint density at radius 1 is 1.11 bits per heavy atom. The normalized spacial score (nSPS) is 24.0. The quantitative estimate of drug-likeness (QED) is 0.482. The van der Waals surface area contributed by atoms with Gasteiger partial charge in [-0.2, -0.15) is 0 Å². The molecule has 0 bridgehead atoms. The van der Waals surface area contributed by atoms with Gasteiger partial charge in [0.25, 0.3) is 5.91 Å². The average Bonchev–Trinajstić information content (AvgIpc) is 3.18. The minimum atomic E-state index is -1.20. The van der Waals surface area contributed by atoms with Crippen molar-refractivity contribution in [3.63, 3.8) is 0 Å². The number of halogens is 1. The van der Waals surface area contributed by atoms with Crippen LogP contribution in [0.15, 0.2) is 36.4 Å². The summed E-state index contributed by atoms with van der Waals surface area (Å²) in [5.41, 5.74) is 1.31. The van der Waals surface area contributed by atoms with E-state index in [2.05, 4.69) is 9.88 Å². The molecule has 6 rings (SSSR count). The summed E-state index contributed by atoms with van der Waals surface area (Å²) in [5.74, 6) is -0.597. The molecule has 2 unspecified atom stereocenters. The lowest BCUT2D eigenvalue weighted by Gasteiger charge is -2.42. The number of nitrogens with zero attached hydrogens (tertiary/aromatic N) is 3. The molecule has 0 saturated carbocycles.